The zero-order chi connectivity index (χ0) is 11.5. The van der Waals surface area contributed by atoms with Gasteiger partial charge < -0.3 is 5.32 Å². The molecular weight excluding hydrogens is 269 g/mol. The molecule has 1 aromatic rings. The highest BCUT2D eigenvalue weighted by Crippen LogP contribution is 2.36. The Labute approximate surface area is 105 Å². The fourth-order valence-corrected chi connectivity index (χ4v) is 2.26. The maximum absolute atomic E-state index is 13.5. The summed E-state index contributed by atoms with van der Waals surface area (Å²) in [6.07, 6.45) is 2.74. The van der Waals surface area contributed by atoms with Gasteiger partial charge in [0.05, 0.1) is 0 Å². The fraction of sp³-hybridized carbons (Fsp3) is 0.538. The average Bonchev–Trinajstić information content (AvgIpc) is 3.04. The van der Waals surface area contributed by atoms with E-state index in [1.807, 2.05) is 12.1 Å². The smallest absolute Gasteiger partial charge is 0.128 e. The molecule has 0 aliphatic heterocycles. The third-order valence-electron chi connectivity index (χ3n) is 3.22. The van der Waals surface area contributed by atoms with E-state index in [0.29, 0.717) is 6.54 Å². The molecule has 0 radical (unpaired) electrons. The number of nitrogens with one attached hydrogen (secondary N) is 1. The van der Waals surface area contributed by atoms with Crippen LogP contribution in [0.25, 0.3) is 0 Å². The highest BCUT2D eigenvalue weighted by atomic mass is 79.9. The summed E-state index contributed by atoms with van der Waals surface area (Å²) in [5, 5.41) is 3.33. The van der Waals surface area contributed by atoms with Crippen molar-refractivity contribution in [3.05, 3.63) is 34.1 Å². The molecule has 0 bridgehead atoms. The van der Waals surface area contributed by atoms with Crippen molar-refractivity contribution in [3.63, 3.8) is 0 Å². The molecule has 1 aromatic carbocycles. The average molecular weight is 286 g/mol. The molecule has 88 valence electrons. The van der Waals surface area contributed by atoms with Crippen LogP contribution in [0.3, 0.4) is 0 Å². The van der Waals surface area contributed by atoms with E-state index in [-0.39, 0.29) is 5.82 Å². The largest absolute Gasteiger partial charge is 0.312 e. The molecule has 1 N–H and O–H groups in total. The summed E-state index contributed by atoms with van der Waals surface area (Å²) in [6, 6.07) is 5.22. The first kappa shape index (κ1) is 12.1. The molecule has 0 heterocycles. The summed E-state index contributed by atoms with van der Waals surface area (Å²) in [6.45, 7) is 3.87. The Bertz CT molecular complexity index is 363. The van der Waals surface area contributed by atoms with E-state index in [2.05, 4.69) is 28.2 Å². The first-order chi connectivity index (χ1) is 7.66. The van der Waals surface area contributed by atoms with Crippen LogP contribution in [-0.4, -0.2) is 6.54 Å². The standard InChI is InChI=1S/C13H17BrFN/c1-9(10-2-3-10)7-16-8-11-4-5-12(14)6-13(11)15/h4-6,9-10,16H,2-3,7-8H2,1H3. The van der Waals surface area contributed by atoms with Crippen LogP contribution < -0.4 is 5.32 Å². The molecule has 1 nitrogen and oxygen atoms in total. The summed E-state index contributed by atoms with van der Waals surface area (Å²) in [7, 11) is 0. The lowest BCUT2D eigenvalue weighted by Gasteiger charge is -2.11. The van der Waals surface area contributed by atoms with Crippen LogP contribution in [0.2, 0.25) is 0 Å². The van der Waals surface area contributed by atoms with E-state index in [4.69, 9.17) is 0 Å². The molecule has 2 rings (SSSR count). The first-order valence-corrected chi connectivity index (χ1v) is 6.61. The third kappa shape index (κ3) is 3.29. The van der Waals surface area contributed by atoms with Gasteiger partial charge in [0, 0.05) is 16.6 Å². The summed E-state index contributed by atoms with van der Waals surface area (Å²) in [4.78, 5) is 0. The Morgan fingerprint density at radius 3 is 2.88 bits per heavy atom. The summed E-state index contributed by atoms with van der Waals surface area (Å²) < 4.78 is 14.3. The summed E-state index contributed by atoms with van der Waals surface area (Å²) >= 11 is 3.25. The van der Waals surface area contributed by atoms with Crippen molar-refractivity contribution < 1.29 is 4.39 Å². The van der Waals surface area contributed by atoms with Gasteiger partial charge in [-0.15, -0.1) is 0 Å². The second kappa shape index (κ2) is 5.28. The van der Waals surface area contributed by atoms with Gasteiger partial charge >= 0.3 is 0 Å². The molecule has 0 aromatic heterocycles. The molecular formula is C13H17BrFN. The number of halogens is 2. The molecule has 0 amide bonds. The van der Waals surface area contributed by atoms with Gasteiger partial charge in [-0.25, -0.2) is 4.39 Å². The van der Waals surface area contributed by atoms with Crippen molar-refractivity contribution in [1.29, 1.82) is 0 Å². The molecule has 16 heavy (non-hydrogen) atoms. The predicted molar refractivity (Wildman–Crippen MR) is 67.7 cm³/mol. The van der Waals surface area contributed by atoms with Gasteiger partial charge in [0.1, 0.15) is 5.82 Å². The first-order valence-electron chi connectivity index (χ1n) is 5.81. The van der Waals surface area contributed by atoms with Crippen LogP contribution in [-0.2, 0) is 6.54 Å². The van der Waals surface area contributed by atoms with Crippen molar-refractivity contribution in [3.8, 4) is 0 Å². The maximum atomic E-state index is 13.5. The fourth-order valence-electron chi connectivity index (χ4n) is 1.93. The SMILES string of the molecule is CC(CNCc1ccc(Br)cc1F)C1CC1. The van der Waals surface area contributed by atoms with Crippen molar-refractivity contribution in [2.75, 3.05) is 6.54 Å². The lowest BCUT2D eigenvalue weighted by atomic mass is 10.1. The van der Waals surface area contributed by atoms with Crippen molar-refractivity contribution >= 4 is 15.9 Å². The molecule has 0 spiro atoms. The van der Waals surface area contributed by atoms with E-state index in [9.17, 15) is 4.39 Å². The molecule has 1 fully saturated rings. The zero-order valence-corrected chi connectivity index (χ0v) is 11.1. The van der Waals surface area contributed by atoms with E-state index in [0.717, 1.165) is 28.4 Å². The summed E-state index contributed by atoms with van der Waals surface area (Å²) in [5.41, 5.74) is 0.742. The summed E-state index contributed by atoms with van der Waals surface area (Å²) in [5.74, 6) is 1.49. The highest BCUT2D eigenvalue weighted by molar-refractivity contribution is 9.10. The minimum absolute atomic E-state index is 0.138. The van der Waals surface area contributed by atoms with E-state index >= 15 is 0 Å². The third-order valence-corrected chi connectivity index (χ3v) is 3.72. The minimum atomic E-state index is -0.138. The number of hydrogen-bond acceptors (Lipinski definition) is 1. The van der Waals surface area contributed by atoms with Crippen molar-refractivity contribution in [2.45, 2.75) is 26.3 Å². The molecule has 1 atom stereocenters. The normalized spacial score (nSPS) is 17.4. The minimum Gasteiger partial charge on any atom is -0.312 e. The van der Waals surface area contributed by atoms with Crippen LogP contribution in [0, 0.1) is 17.7 Å². The molecule has 1 saturated carbocycles. The van der Waals surface area contributed by atoms with Gasteiger partial charge in [-0.1, -0.05) is 28.9 Å². The van der Waals surface area contributed by atoms with Gasteiger partial charge in [-0.05, 0) is 43.4 Å². The number of rotatable bonds is 5. The Kier molecular flexibility index (Phi) is 3.98. The predicted octanol–water partition coefficient (Wildman–Crippen LogP) is 3.72. The van der Waals surface area contributed by atoms with E-state index < -0.39 is 0 Å². The quantitative estimate of drug-likeness (QED) is 0.869. The Balaban J connectivity index is 1.80. The lowest BCUT2D eigenvalue weighted by molar-refractivity contribution is 0.457. The van der Waals surface area contributed by atoms with Crippen LogP contribution >= 0.6 is 15.9 Å². The van der Waals surface area contributed by atoms with E-state index in [1.54, 1.807) is 0 Å². The molecule has 0 saturated heterocycles. The van der Waals surface area contributed by atoms with Gasteiger partial charge in [-0.3, -0.25) is 0 Å². The Hall–Kier alpha value is -0.410. The van der Waals surface area contributed by atoms with Crippen molar-refractivity contribution in [1.82, 2.24) is 5.32 Å². The van der Waals surface area contributed by atoms with Gasteiger partial charge in [0.2, 0.25) is 0 Å². The Morgan fingerprint density at radius 1 is 1.50 bits per heavy atom. The topological polar surface area (TPSA) is 12.0 Å². The lowest BCUT2D eigenvalue weighted by Crippen LogP contribution is -2.22. The number of benzene rings is 1. The maximum Gasteiger partial charge on any atom is 0.128 e. The Morgan fingerprint density at radius 2 is 2.25 bits per heavy atom. The molecule has 1 aliphatic carbocycles. The second-order valence-electron chi connectivity index (χ2n) is 4.68. The monoisotopic (exact) mass is 285 g/mol. The van der Waals surface area contributed by atoms with Crippen molar-refractivity contribution in [2.24, 2.45) is 11.8 Å². The van der Waals surface area contributed by atoms with Crippen LogP contribution in [0.4, 0.5) is 4.39 Å². The van der Waals surface area contributed by atoms with Gasteiger partial charge in [-0.2, -0.15) is 0 Å². The van der Waals surface area contributed by atoms with Gasteiger partial charge in [0.25, 0.3) is 0 Å². The van der Waals surface area contributed by atoms with Crippen LogP contribution in [0.5, 0.6) is 0 Å². The van der Waals surface area contributed by atoms with Crippen LogP contribution in [0.1, 0.15) is 25.3 Å². The zero-order valence-electron chi connectivity index (χ0n) is 9.47. The number of hydrogen-bond donors (Lipinski definition) is 1. The second-order valence-corrected chi connectivity index (χ2v) is 5.60. The molecule has 1 unspecified atom stereocenters. The van der Waals surface area contributed by atoms with Crippen LogP contribution in [0.15, 0.2) is 22.7 Å². The van der Waals surface area contributed by atoms with E-state index in [1.165, 1.54) is 18.9 Å². The molecule has 3 heteroatoms. The van der Waals surface area contributed by atoms with Gasteiger partial charge in [0.15, 0.2) is 0 Å². The highest BCUT2D eigenvalue weighted by Gasteiger charge is 2.27. The molecule has 1 aliphatic rings.